The van der Waals surface area contributed by atoms with E-state index in [1.807, 2.05) is 19.1 Å². The van der Waals surface area contributed by atoms with Gasteiger partial charge in [0.2, 0.25) is 0 Å². The van der Waals surface area contributed by atoms with Gasteiger partial charge in [-0.25, -0.2) is 5.84 Å². The summed E-state index contributed by atoms with van der Waals surface area (Å²) >= 11 is 0. The van der Waals surface area contributed by atoms with Crippen molar-refractivity contribution in [3.63, 3.8) is 0 Å². The molecule has 1 amide bonds. The highest BCUT2D eigenvalue weighted by Crippen LogP contribution is 2.05. The summed E-state index contributed by atoms with van der Waals surface area (Å²) in [5.41, 5.74) is 3.66. The van der Waals surface area contributed by atoms with Crippen molar-refractivity contribution >= 4 is 5.91 Å². The first-order valence-electron chi connectivity index (χ1n) is 4.45. The van der Waals surface area contributed by atoms with Crippen molar-refractivity contribution in [1.29, 1.82) is 0 Å². The van der Waals surface area contributed by atoms with Crippen LogP contribution >= 0.6 is 0 Å². The third-order valence-corrected chi connectivity index (χ3v) is 1.82. The number of carbonyl (C=O) groups is 1. The monoisotopic (exact) mass is 194 g/mol. The molecule has 0 fully saturated rings. The van der Waals surface area contributed by atoms with Crippen LogP contribution in [-0.4, -0.2) is 12.5 Å². The van der Waals surface area contributed by atoms with Gasteiger partial charge in [-0.15, -0.1) is 0 Å². The summed E-state index contributed by atoms with van der Waals surface area (Å²) < 4.78 is 5.22. The van der Waals surface area contributed by atoms with Crippen LogP contribution in [0, 0.1) is 0 Å². The summed E-state index contributed by atoms with van der Waals surface area (Å²) in [6.45, 7) is 3.20. The summed E-state index contributed by atoms with van der Waals surface area (Å²) in [6.07, 6.45) is 0. The molecule has 0 aromatic heterocycles. The molecule has 3 N–H and O–H groups in total. The van der Waals surface area contributed by atoms with E-state index in [9.17, 15) is 4.79 Å². The summed E-state index contributed by atoms with van der Waals surface area (Å²) in [4.78, 5) is 11.1. The maximum atomic E-state index is 11.1. The lowest BCUT2D eigenvalue weighted by atomic mass is 10.1. The standard InChI is InChI=1S/C10H14N2O2/c1-2-14-7-8-3-5-9(6-4-8)10(13)12-11/h3-6H,2,7,11H2,1H3,(H,12,13). The van der Waals surface area contributed by atoms with Gasteiger partial charge in [-0.2, -0.15) is 0 Å². The summed E-state index contributed by atoms with van der Waals surface area (Å²) in [5, 5.41) is 0. The maximum absolute atomic E-state index is 11.1. The van der Waals surface area contributed by atoms with Crippen LogP contribution < -0.4 is 11.3 Å². The molecule has 1 aromatic rings. The quantitative estimate of drug-likeness (QED) is 0.424. The molecule has 0 spiro atoms. The highest BCUT2D eigenvalue weighted by molar-refractivity contribution is 5.93. The highest BCUT2D eigenvalue weighted by Gasteiger charge is 2.01. The van der Waals surface area contributed by atoms with E-state index >= 15 is 0 Å². The van der Waals surface area contributed by atoms with Gasteiger partial charge in [-0.3, -0.25) is 10.2 Å². The molecule has 0 heterocycles. The van der Waals surface area contributed by atoms with Gasteiger partial charge >= 0.3 is 0 Å². The van der Waals surface area contributed by atoms with Gasteiger partial charge in [0, 0.05) is 12.2 Å². The van der Waals surface area contributed by atoms with Gasteiger partial charge in [0.05, 0.1) is 6.61 Å². The molecule has 0 atom stereocenters. The van der Waals surface area contributed by atoms with Crippen LogP contribution in [-0.2, 0) is 11.3 Å². The van der Waals surface area contributed by atoms with Crippen molar-refractivity contribution in [3.8, 4) is 0 Å². The number of carbonyl (C=O) groups excluding carboxylic acids is 1. The van der Waals surface area contributed by atoms with E-state index in [1.54, 1.807) is 12.1 Å². The van der Waals surface area contributed by atoms with E-state index in [0.29, 0.717) is 18.8 Å². The average molecular weight is 194 g/mol. The Balaban J connectivity index is 2.63. The molecule has 0 aliphatic carbocycles. The second-order valence-electron chi connectivity index (χ2n) is 2.81. The Kier molecular flexibility index (Phi) is 4.10. The molecule has 1 rings (SSSR count). The third kappa shape index (κ3) is 2.83. The lowest BCUT2D eigenvalue weighted by Gasteiger charge is -2.03. The largest absolute Gasteiger partial charge is 0.377 e. The number of nitrogens with one attached hydrogen (secondary N) is 1. The number of nitrogen functional groups attached to an aromatic ring is 1. The second-order valence-corrected chi connectivity index (χ2v) is 2.81. The van der Waals surface area contributed by atoms with E-state index in [4.69, 9.17) is 10.6 Å². The number of benzene rings is 1. The molecule has 0 aliphatic rings. The maximum Gasteiger partial charge on any atom is 0.265 e. The van der Waals surface area contributed by atoms with Crippen LogP contribution in [0.2, 0.25) is 0 Å². The number of hydrazine groups is 1. The van der Waals surface area contributed by atoms with E-state index in [0.717, 1.165) is 5.56 Å². The van der Waals surface area contributed by atoms with Crippen LogP contribution in [0.4, 0.5) is 0 Å². The summed E-state index contributed by atoms with van der Waals surface area (Å²) in [5.74, 6) is 4.71. The molecule has 0 unspecified atom stereocenters. The Morgan fingerprint density at radius 3 is 2.57 bits per heavy atom. The van der Waals surface area contributed by atoms with Crippen molar-refractivity contribution in [2.24, 2.45) is 5.84 Å². The summed E-state index contributed by atoms with van der Waals surface area (Å²) in [7, 11) is 0. The Morgan fingerprint density at radius 2 is 2.07 bits per heavy atom. The molecular formula is C10H14N2O2. The molecule has 0 aliphatic heterocycles. The van der Waals surface area contributed by atoms with Crippen LogP contribution in [0.1, 0.15) is 22.8 Å². The van der Waals surface area contributed by atoms with Crippen molar-refractivity contribution in [2.75, 3.05) is 6.61 Å². The van der Waals surface area contributed by atoms with Gasteiger partial charge in [0.25, 0.3) is 5.91 Å². The van der Waals surface area contributed by atoms with Gasteiger partial charge < -0.3 is 4.74 Å². The van der Waals surface area contributed by atoms with Crippen LogP contribution in [0.5, 0.6) is 0 Å². The summed E-state index contributed by atoms with van der Waals surface area (Å²) in [6, 6.07) is 7.13. The Hall–Kier alpha value is -1.39. The van der Waals surface area contributed by atoms with Crippen LogP contribution in [0.3, 0.4) is 0 Å². The first kappa shape index (κ1) is 10.7. The first-order valence-corrected chi connectivity index (χ1v) is 4.45. The number of hydrogen-bond donors (Lipinski definition) is 2. The van der Waals surface area contributed by atoms with Crippen molar-refractivity contribution in [3.05, 3.63) is 35.4 Å². The van der Waals surface area contributed by atoms with Gasteiger partial charge in [-0.05, 0) is 24.6 Å². The van der Waals surface area contributed by atoms with E-state index in [2.05, 4.69) is 5.43 Å². The van der Waals surface area contributed by atoms with Gasteiger partial charge in [0.15, 0.2) is 0 Å². The fraction of sp³-hybridized carbons (Fsp3) is 0.300. The average Bonchev–Trinajstić information content (AvgIpc) is 2.26. The zero-order chi connectivity index (χ0) is 10.4. The molecule has 1 aromatic carbocycles. The van der Waals surface area contributed by atoms with E-state index in [-0.39, 0.29) is 5.91 Å². The molecule has 0 saturated heterocycles. The lowest BCUT2D eigenvalue weighted by Crippen LogP contribution is -2.29. The molecule has 0 bridgehead atoms. The number of hydrogen-bond acceptors (Lipinski definition) is 3. The topological polar surface area (TPSA) is 64.3 Å². The molecule has 0 saturated carbocycles. The molecule has 4 nitrogen and oxygen atoms in total. The zero-order valence-electron chi connectivity index (χ0n) is 8.12. The first-order chi connectivity index (χ1) is 6.77. The Morgan fingerprint density at radius 1 is 1.43 bits per heavy atom. The molecule has 14 heavy (non-hydrogen) atoms. The number of ether oxygens (including phenoxy) is 1. The molecule has 4 heteroatoms. The highest BCUT2D eigenvalue weighted by atomic mass is 16.5. The zero-order valence-corrected chi connectivity index (χ0v) is 8.12. The van der Waals surface area contributed by atoms with E-state index in [1.165, 1.54) is 0 Å². The number of amides is 1. The third-order valence-electron chi connectivity index (χ3n) is 1.82. The predicted molar refractivity (Wildman–Crippen MR) is 53.4 cm³/mol. The van der Waals surface area contributed by atoms with E-state index < -0.39 is 0 Å². The van der Waals surface area contributed by atoms with Crippen LogP contribution in [0.15, 0.2) is 24.3 Å². The minimum atomic E-state index is -0.284. The lowest BCUT2D eigenvalue weighted by molar-refractivity contribution is 0.0953. The molecule has 76 valence electrons. The van der Waals surface area contributed by atoms with Crippen molar-refractivity contribution < 1.29 is 9.53 Å². The molecular weight excluding hydrogens is 180 g/mol. The predicted octanol–water partition coefficient (Wildman–Crippen LogP) is 0.827. The van der Waals surface area contributed by atoms with Crippen molar-refractivity contribution in [1.82, 2.24) is 5.43 Å². The SMILES string of the molecule is CCOCc1ccc(C(=O)NN)cc1. The van der Waals surface area contributed by atoms with Crippen LogP contribution in [0.25, 0.3) is 0 Å². The smallest absolute Gasteiger partial charge is 0.265 e. The fourth-order valence-electron chi connectivity index (χ4n) is 1.06. The minimum Gasteiger partial charge on any atom is -0.377 e. The van der Waals surface area contributed by atoms with Gasteiger partial charge in [0.1, 0.15) is 0 Å². The Bertz CT molecular complexity index is 295. The van der Waals surface area contributed by atoms with Gasteiger partial charge in [-0.1, -0.05) is 12.1 Å². The second kappa shape index (κ2) is 5.36. The minimum absolute atomic E-state index is 0.284. The fourth-order valence-corrected chi connectivity index (χ4v) is 1.06. The Labute approximate surface area is 83.0 Å². The van der Waals surface area contributed by atoms with Crippen molar-refractivity contribution in [2.45, 2.75) is 13.5 Å². The normalized spacial score (nSPS) is 9.86. The number of nitrogens with two attached hydrogens (primary N) is 1. The number of rotatable bonds is 4. The molecule has 0 radical (unpaired) electrons.